The number of aromatic amines is 1. The molecule has 0 aliphatic carbocycles. The monoisotopic (exact) mass is 349 g/mol. The van der Waals surface area contributed by atoms with Gasteiger partial charge in [0.15, 0.2) is 13.2 Å². The number of nitrogens with one attached hydrogen (secondary N) is 1. The van der Waals surface area contributed by atoms with Gasteiger partial charge in [-0.15, -0.1) is 0 Å². The van der Waals surface area contributed by atoms with Gasteiger partial charge >= 0.3 is 5.97 Å². The van der Waals surface area contributed by atoms with Gasteiger partial charge in [0.1, 0.15) is 5.75 Å². The minimum atomic E-state index is -0.600. The second-order valence-corrected chi connectivity index (χ2v) is 6.16. The number of esters is 1. The van der Waals surface area contributed by atoms with Crippen LogP contribution >= 0.6 is 11.6 Å². The Bertz CT molecular complexity index is 723. The standard InChI is InChI=1S/C18H20ClNO4/c1-11(2)13-8-14(19)12(3)7-17(13)23-10-18(22)24-9-16(21)15-5-4-6-20-15/h4-8,11,20H,9-10H2,1-3H3. The number of carbonyl (C=O) groups excluding carboxylic acids is 2. The van der Waals surface area contributed by atoms with E-state index in [0.29, 0.717) is 16.5 Å². The first-order chi connectivity index (χ1) is 11.4. The average Bonchev–Trinajstić information content (AvgIpc) is 3.07. The lowest BCUT2D eigenvalue weighted by molar-refractivity contribution is -0.144. The maximum atomic E-state index is 11.8. The zero-order valence-electron chi connectivity index (χ0n) is 13.9. The minimum absolute atomic E-state index is 0.198. The Hall–Kier alpha value is -2.27. The number of Topliss-reactive ketones (excluding diaryl/α,β-unsaturated/α-hetero) is 1. The van der Waals surface area contributed by atoms with E-state index in [0.717, 1.165) is 11.1 Å². The summed E-state index contributed by atoms with van der Waals surface area (Å²) in [7, 11) is 0. The van der Waals surface area contributed by atoms with Crippen molar-refractivity contribution in [3.63, 3.8) is 0 Å². The summed E-state index contributed by atoms with van der Waals surface area (Å²) >= 11 is 6.14. The number of hydrogen-bond acceptors (Lipinski definition) is 4. The molecule has 1 aromatic heterocycles. The van der Waals surface area contributed by atoms with Crippen LogP contribution < -0.4 is 4.74 Å². The fourth-order valence-electron chi connectivity index (χ4n) is 2.15. The van der Waals surface area contributed by atoms with Crippen LogP contribution in [-0.4, -0.2) is 30.0 Å². The fourth-order valence-corrected chi connectivity index (χ4v) is 2.32. The summed E-state index contributed by atoms with van der Waals surface area (Å²) in [6.45, 7) is 5.31. The maximum absolute atomic E-state index is 11.8. The van der Waals surface area contributed by atoms with Crippen molar-refractivity contribution in [1.29, 1.82) is 0 Å². The highest BCUT2D eigenvalue weighted by Gasteiger charge is 2.14. The Morgan fingerprint density at radius 2 is 2.00 bits per heavy atom. The van der Waals surface area contributed by atoms with Crippen LogP contribution in [0.4, 0.5) is 0 Å². The van der Waals surface area contributed by atoms with Gasteiger partial charge in [-0.2, -0.15) is 0 Å². The average molecular weight is 350 g/mol. The van der Waals surface area contributed by atoms with E-state index in [2.05, 4.69) is 4.98 Å². The van der Waals surface area contributed by atoms with Gasteiger partial charge < -0.3 is 14.5 Å². The molecule has 1 N–H and O–H groups in total. The molecule has 2 aromatic rings. The number of aromatic nitrogens is 1. The Labute approximate surface area is 145 Å². The maximum Gasteiger partial charge on any atom is 0.344 e. The normalized spacial score (nSPS) is 10.7. The lowest BCUT2D eigenvalue weighted by Crippen LogP contribution is -2.20. The SMILES string of the molecule is Cc1cc(OCC(=O)OCC(=O)c2ccc[nH]2)c(C(C)C)cc1Cl. The van der Waals surface area contributed by atoms with Crippen LogP contribution in [0.15, 0.2) is 30.5 Å². The van der Waals surface area contributed by atoms with Crippen molar-refractivity contribution < 1.29 is 19.1 Å². The zero-order chi connectivity index (χ0) is 17.7. The van der Waals surface area contributed by atoms with Crippen LogP contribution in [0.5, 0.6) is 5.75 Å². The van der Waals surface area contributed by atoms with Gasteiger partial charge in [0, 0.05) is 11.2 Å². The minimum Gasteiger partial charge on any atom is -0.482 e. The molecule has 128 valence electrons. The molecule has 0 radical (unpaired) electrons. The molecule has 0 unspecified atom stereocenters. The van der Waals surface area contributed by atoms with Gasteiger partial charge in [-0.25, -0.2) is 4.79 Å². The van der Waals surface area contributed by atoms with E-state index in [4.69, 9.17) is 21.1 Å². The van der Waals surface area contributed by atoms with Gasteiger partial charge in [-0.1, -0.05) is 25.4 Å². The van der Waals surface area contributed by atoms with Crippen LogP contribution in [0.25, 0.3) is 0 Å². The molecule has 2 rings (SSSR count). The summed E-state index contributed by atoms with van der Waals surface area (Å²) in [6, 6.07) is 6.97. The number of carbonyl (C=O) groups is 2. The molecular weight excluding hydrogens is 330 g/mol. The first kappa shape index (κ1) is 18.1. The number of rotatable bonds is 7. The second kappa shape index (κ2) is 8.02. The molecular formula is C18H20ClNO4. The van der Waals surface area contributed by atoms with E-state index < -0.39 is 5.97 Å². The van der Waals surface area contributed by atoms with E-state index in [9.17, 15) is 9.59 Å². The highest BCUT2D eigenvalue weighted by atomic mass is 35.5. The van der Waals surface area contributed by atoms with E-state index in [1.807, 2.05) is 26.8 Å². The Kier molecular flexibility index (Phi) is 6.04. The molecule has 0 bridgehead atoms. The summed E-state index contributed by atoms with van der Waals surface area (Å²) in [5.41, 5.74) is 2.19. The van der Waals surface area contributed by atoms with Crippen LogP contribution in [0.1, 0.15) is 41.4 Å². The van der Waals surface area contributed by atoms with Crippen molar-refractivity contribution in [2.75, 3.05) is 13.2 Å². The fraction of sp³-hybridized carbons (Fsp3) is 0.333. The van der Waals surface area contributed by atoms with Gasteiger partial charge in [-0.3, -0.25) is 4.79 Å². The molecule has 1 aromatic carbocycles. The first-order valence-corrected chi connectivity index (χ1v) is 8.01. The quantitative estimate of drug-likeness (QED) is 0.608. The lowest BCUT2D eigenvalue weighted by Gasteiger charge is -2.15. The van der Waals surface area contributed by atoms with Gasteiger partial charge in [0.2, 0.25) is 5.78 Å². The number of ether oxygens (including phenoxy) is 2. The summed E-state index contributed by atoms with van der Waals surface area (Å²) in [6.07, 6.45) is 1.63. The molecule has 1 heterocycles. The Morgan fingerprint density at radius 1 is 1.25 bits per heavy atom. The van der Waals surface area contributed by atoms with Gasteiger partial charge in [0.05, 0.1) is 5.69 Å². The number of aryl methyl sites for hydroxylation is 1. The van der Waals surface area contributed by atoms with Crippen LogP contribution in [0, 0.1) is 6.92 Å². The third-order valence-electron chi connectivity index (χ3n) is 3.52. The number of ketones is 1. The van der Waals surface area contributed by atoms with E-state index in [-0.39, 0.29) is 24.9 Å². The molecule has 5 nitrogen and oxygen atoms in total. The molecule has 0 aliphatic rings. The van der Waals surface area contributed by atoms with Crippen LogP contribution in [0.3, 0.4) is 0 Å². The highest BCUT2D eigenvalue weighted by molar-refractivity contribution is 6.31. The summed E-state index contributed by atoms with van der Waals surface area (Å²) < 4.78 is 10.5. The number of H-pyrrole nitrogens is 1. The molecule has 0 aliphatic heterocycles. The molecule has 0 saturated carbocycles. The molecule has 0 saturated heterocycles. The molecule has 0 spiro atoms. The Morgan fingerprint density at radius 3 is 2.62 bits per heavy atom. The van der Waals surface area contributed by atoms with Crippen molar-refractivity contribution in [3.05, 3.63) is 52.3 Å². The molecule has 0 atom stereocenters. The van der Waals surface area contributed by atoms with E-state index in [1.165, 1.54) is 0 Å². The van der Waals surface area contributed by atoms with Gasteiger partial charge in [0.25, 0.3) is 0 Å². The molecule has 6 heteroatoms. The van der Waals surface area contributed by atoms with Gasteiger partial charge in [-0.05, 0) is 48.2 Å². The van der Waals surface area contributed by atoms with Crippen LogP contribution in [0.2, 0.25) is 5.02 Å². The molecule has 0 amide bonds. The zero-order valence-corrected chi connectivity index (χ0v) is 14.6. The third kappa shape index (κ3) is 4.61. The second-order valence-electron chi connectivity index (χ2n) is 5.75. The Balaban J connectivity index is 1.92. The molecule has 24 heavy (non-hydrogen) atoms. The summed E-state index contributed by atoms with van der Waals surface area (Å²) in [5, 5.41) is 0.658. The number of benzene rings is 1. The summed E-state index contributed by atoms with van der Waals surface area (Å²) in [5.74, 6) is -0.0982. The van der Waals surface area contributed by atoms with E-state index >= 15 is 0 Å². The topological polar surface area (TPSA) is 68.4 Å². The van der Waals surface area contributed by atoms with Crippen molar-refractivity contribution in [3.8, 4) is 5.75 Å². The van der Waals surface area contributed by atoms with E-state index in [1.54, 1.807) is 24.4 Å². The number of hydrogen-bond donors (Lipinski definition) is 1. The predicted molar refractivity (Wildman–Crippen MR) is 91.9 cm³/mol. The largest absolute Gasteiger partial charge is 0.482 e. The first-order valence-electron chi connectivity index (χ1n) is 7.63. The van der Waals surface area contributed by atoms with Crippen LogP contribution in [-0.2, 0) is 9.53 Å². The smallest absolute Gasteiger partial charge is 0.344 e. The number of halogens is 1. The van der Waals surface area contributed by atoms with Crippen molar-refractivity contribution >= 4 is 23.4 Å². The lowest BCUT2D eigenvalue weighted by atomic mass is 10.0. The highest BCUT2D eigenvalue weighted by Crippen LogP contribution is 2.31. The van der Waals surface area contributed by atoms with Crippen molar-refractivity contribution in [1.82, 2.24) is 4.98 Å². The predicted octanol–water partition coefficient (Wildman–Crippen LogP) is 3.90. The summed E-state index contributed by atoms with van der Waals surface area (Å²) in [4.78, 5) is 26.3. The van der Waals surface area contributed by atoms with Crippen molar-refractivity contribution in [2.24, 2.45) is 0 Å². The van der Waals surface area contributed by atoms with Crippen molar-refractivity contribution in [2.45, 2.75) is 26.7 Å². The molecule has 0 fully saturated rings. The third-order valence-corrected chi connectivity index (χ3v) is 3.93.